The average molecular weight is 268 g/mol. The molecule has 10 nitrogen and oxygen atoms in total. The van der Waals surface area contributed by atoms with Gasteiger partial charge in [-0.2, -0.15) is 5.10 Å². The maximum Gasteiger partial charge on any atom is 0.350 e. The number of ether oxygens (including phenoxy) is 1. The van der Waals surface area contributed by atoms with Gasteiger partial charge in [0.15, 0.2) is 0 Å². The Kier molecular flexibility index (Phi) is 4.46. The van der Waals surface area contributed by atoms with E-state index in [0.717, 1.165) is 31.5 Å². The lowest BCUT2D eigenvalue weighted by Crippen LogP contribution is -2.04. The molecule has 0 unspecified atom stereocenters. The molecule has 0 amide bonds. The van der Waals surface area contributed by atoms with E-state index in [0.29, 0.717) is 0 Å². The second-order valence-electron chi connectivity index (χ2n) is 3.11. The van der Waals surface area contributed by atoms with Crippen LogP contribution in [0.25, 0.3) is 0 Å². The molecule has 10 heteroatoms. The van der Waals surface area contributed by atoms with Crippen LogP contribution < -0.4 is 5.43 Å². The topological polar surface area (TPSA) is 137 Å². The number of carbonyl (C=O) groups excluding carboxylic acids is 1. The minimum atomic E-state index is -0.803. The van der Waals surface area contributed by atoms with Crippen LogP contribution in [0.4, 0.5) is 17.1 Å². The van der Waals surface area contributed by atoms with Gasteiger partial charge in [-0.15, -0.1) is 0 Å². The average Bonchev–Trinajstić information content (AvgIpc) is 2.38. The van der Waals surface area contributed by atoms with Gasteiger partial charge >= 0.3 is 11.7 Å². The Morgan fingerprint density at radius 3 is 2.58 bits per heavy atom. The smallest absolute Gasteiger partial charge is 0.350 e. The summed E-state index contributed by atoms with van der Waals surface area (Å²) in [5, 5.41) is 24.7. The van der Waals surface area contributed by atoms with Crippen LogP contribution in [0.2, 0.25) is 0 Å². The predicted octanol–water partition coefficient (Wildman–Crippen LogP) is 1.07. The molecule has 0 aliphatic rings. The zero-order chi connectivity index (χ0) is 14.4. The molecule has 1 aromatic rings. The van der Waals surface area contributed by atoms with Crippen LogP contribution in [-0.2, 0) is 9.53 Å². The first-order valence-corrected chi connectivity index (χ1v) is 4.75. The normalized spacial score (nSPS) is 10.2. The Balaban J connectivity index is 3.01. The lowest BCUT2D eigenvalue weighted by molar-refractivity contribution is -0.393. The van der Waals surface area contributed by atoms with E-state index < -0.39 is 27.2 Å². The van der Waals surface area contributed by atoms with E-state index in [1.54, 1.807) is 0 Å². The van der Waals surface area contributed by atoms with E-state index >= 15 is 0 Å². The van der Waals surface area contributed by atoms with Crippen molar-refractivity contribution in [3.05, 3.63) is 38.4 Å². The van der Waals surface area contributed by atoms with E-state index in [4.69, 9.17) is 0 Å². The number of rotatable bonds is 5. The molecule has 0 radical (unpaired) electrons. The number of nitrogens with one attached hydrogen (secondary N) is 1. The fraction of sp³-hybridized carbons (Fsp3) is 0.111. The van der Waals surface area contributed by atoms with E-state index in [2.05, 4.69) is 15.3 Å². The minimum Gasteiger partial charge on any atom is -0.465 e. The van der Waals surface area contributed by atoms with Gasteiger partial charge in [0.2, 0.25) is 0 Å². The highest BCUT2D eigenvalue weighted by Crippen LogP contribution is 2.28. The van der Waals surface area contributed by atoms with Crippen LogP contribution in [0.5, 0.6) is 0 Å². The molecule has 19 heavy (non-hydrogen) atoms. The number of esters is 1. The van der Waals surface area contributed by atoms with Gasteiger partial charge < -0.3 is 4.74 Å². The van der Waals surface area contributed by atoms with E-state index in [9.17, 15) is 25.0 Å². The standard InChI is InChI=1S/C9H8N4O6/c1-19-9(14)5-10-11-7-3-2-6(12(15)16)4-8(7)13(17)18/h2-5,11H,1H3. The molecule has 0 saturated carbocycles. The number of nitrogens with zero attached hydrogens (tertiary/aromatic N) is 3. The minimum absolute atomic E-state index is 0.0873. The fourth-order valence-electron chi connectivity index (χ4n) is 1.09. The number of hydrogen-bond donors (Lipinski definition) is 1. The third-order valence-corrected chi connectivity index (χ3v) is 1.94. The van der Waals surface area contributed by atoms with Crippen LogP contribution in [0.3, 0.4) is 0 Å². The van der Waals surface area contributed by atoms with Crippen molar-refractivity contribution in [1.29, 1.82) is 0 Å². The third-order valence-electron chi connectivity index (χ3n) is 1.94. The summed E-state index contributed by atoms with van der Waals surface area (Å²) >= 11 is 0. The van der Waals surface area contributed by atoms with Gasteiger partial charge in [-0.05, 0) is 6.07 Å². The summed E-state index contributed by atoms with van der Waals surface area (Å²) < 4.78 is 4.26. The number of anilines is 1. The zero-order valence-electron chi connectivity index (χ0n) is 9.60. The second-order valence-corrected chi connectivity index (χ2v) is 3.11. The number of hydrogen-bond acceptors (Lipinski definition) is 8. The first-order valence-electron chi connectivity index (χ1n) is 4.75. The second kappa shape index (κ2) is 6.05. The first kappa shape index (κ1) is 14.0. The lowest BCUT2D eigenvalue weighted by atomic mass is 10.2. The SMILES string of the molecule is COC(=O)C=NNc1ccc([N+](=O)[O-])cc1[N+](=O)[O-]. The van der Waals surface area contributed by atoms with Crippen LogP contribution >= 0.6 is 0 Å². The van der Waals surface area contributed by atoms with Crippen LogP contribution in [0.15, 0.2) is 23.3 Å². The van der Waals surface area contributed by atoms with Crippen molar-refractivity contribution in [2.45, 2.75) is 0 Å². The molecule has 0 spiro atoms. The van der Waals surface area contributed by atoms with E-state index in [-0.39, 0.29) is 5.69 Å². The molecule has 1 N–H and O–H groups in total. The van der Waals surface area contributed by atoms with Gasteiger partial charge in [-0.3, -0.25) is 25.7 Å². The summed E-state index contributed by atoms with van der Waals surface area (Å²) in [4.78, 5) is 30.4. The van der Waals surface area contributed by atoms with Crippen LogP contribution in [0, 0.1) is 20.2 Å². The quantitative estimate of drug-likeness (QED) is 0.365. The summed E-state index contributed by atoms with van der Waals surface area (Å²) in [5.74, 6) is -0.753. The molecular weight excluding hydrogens is 260 g/mol. The van der Waals surface area contributed by atoms with Gasteiger partial charge in [-0.25, -0.2) is 4.79 Å². The number of nitro benzene ring substituents is 2. The molecule has 0 atom stereocenters. The maximum atomic E-state index is 10.7. The van der Waals surface area contributed by atoms with Crippen LogP contribution in [-0.4, -0.2) is 29.1 Å². The monoisotopic (exact) mass is 268 g/mol. The van der Waals surface area contributed by atoms with Crippen LogP contribution in [0.1, 0.15) is 0 Å². The molecule has 0 fully saturated rings. The molecule has 0 aromatic heterocycles. The van der Waals surface area contributed by atoms with Gasteiger partial charge in [0.1, 0.15) is 11.9 Å². The molecular formula is C9H8N4O6. The molecule has 100 valence electrons. The van der Waals surface area contributed by atoms with Crippen molar-refractivity contribution in [1.82, 2.24) is 0 Å². The number of methoxy groups -OCH3 is 1. The molecule has 0 bridgehead atoms. The maximum absolute atomic E-state index is 10.7. The summed E-state index contributed by atoms with van der Waals surface area (Å²) in [5.41, 5.74) is 1.19. The molecule has 0 saturated heterocycles. The summed E-state index contributed by atoms with van der Waals surface area (Å²) in [7, 11) is 1.14. The Hall–Kier alpha value is -3.04. The van der Waals surface area contributed by atoms with Crippen molar-refractivity contribution in [3.63, 3.8) is 0 Å². The van der Waals surface area contributed by atoms with Crippen molar-refractivity contribution in [3.8, 4) is 0 Å². The van der Waals surface area contributed by atoms with Crippen molar-refractivity contribution >= 4 is 29.2 Å². The third kappa shape index (κ3) is 3.73. The van der Waals surface area contributed by atoms with Gasteiger partial charge in [-0.1, -0.05) is 0 Å². The number of benzene rings is 1. The molecule has 0 heterocycles. The Morgan fingerprint density at radius 2 is 2.05 bits per heavy atom. The molecule has 0 aliphatic heterocycles. The summed E-state index contributed by atoms with van der Waals surface area (Å²) in [6.45, 7) is 0. The predicted molar refractivity (Wildman–Crippen MR) is 63.9 cm³/mol. The highest BCUT2D eigenvalue weighted by atomic mass is 16.6. The molecule has 1 rings (SSSR count). The number of carbonyl (C=O) groups is 1. The number of nitro groups is 2. The Morgan fingerprint density at radius 1 is 1.37 bits per heavy atom. The van der Waals surface area contributed by atoms with Gasteiger partial charge in [0.05, 0.1) is 23.0 Å². The fourth-order valence-corrected chi connectivity index (χ4v) is 1.09. The van der Waals surface area contributed by atoms with Crippen molar-refractivity contribution < 1.29 is 19.4 Å². The van der Waals surface area contributed by atoms with E-state index in [1.807, 2.05) is 0 Å². The molecule has 0 aliphatic carbocycles. The highest BCUT2D eigenvalue weighted by molar-refractivity contribution is 6.23. The van der Waals surface area contributed by atoms with Gasteiger partial charge in [0, 0.05) is 6.07 Å². The largest absolute Gasteiger partial charge is 0.465 e. The van der Waals surface area contributed by atoms with Crippen molar-refractivity contribution in [2.75, 3.05) is 12.5 Å². The highest BCUT2D eigenvalue weighted by Gasteiger charge is 2.19. The van der Waals surface area contributed by atoms with Gasteiger partial charge in [0.25, 0.3) is 5.69 Å². The Labute approximate surface area is 106 Å². The van der Waals surface area contributed by atoms with Crippen molar-refractivity contribution in [2.24, 2.45) is 5.10 Å². The lowest BCUT2D eigenvalue weighted by Gasteiger charge is -2.01. The summed E-state index contributed by atoms with van der Waals surface area (Å²) in [6.07, 6.45) is 0.769. The Bertz CT molecular complexity index is 556. The summed E-state index contributed by atoms with van der Waals surface area (Å²) in [6, 6.07) is 2.98. The molecule has 1 aromatic carbocycles. The first-order chi connectivity index (χ1) is 8.95. The zero-order valence-corrected chi connectivity index (χ0v) is 9.60. The van der Waals surface area contributed by atoms with E-state index in [1.165, 1.54) is 0 Å². The number of hydrazone groups is 1. The number of non-ortho nitro benzene ring substituents is 1.